The summed E-state index contributed by atoms with van der Waals surface area (Å²) in [6.07, 6.45) is 4.16. The van der Waals surface area contributed by atoms with E-state index in [0.717, 1.165) is 38.8 Å². The average Bonchev–Trinajstić information content (AvgIpc) is 3.09. The fourth-order valence-corrected chi connectivity index (χ4v) is 2.31. The van der Waals surface area contributed by atoms with Crippen LogP contribution in [0.25, 0.3) is 0 Å². The molecule has 2 heterocycles. The number of aromatic nitrogens is 3. The number of nitrogens with one attached hydrogen (secondary N) is 3. The van der Waals surface area contributed by atoms with Crippen molar-refractivity contribution in [3.05, 3.63) is 0 Å². The molecule has 0 amide bonds. The van der Waals surface area contributed by atoms with Gasteiger partial charge in [0.25, 0.3) is 0 Å². The number of aliphatic hydroxyl groups is 1. The van der Waals surface area contributed by atoms with Gasteiger partial charge in [0.05, 0.1) is 18.8 Å². The zero-order valence-electron chi connectivity index (χ0n) is 14.0. The third-order valence-corrected chi connectivity index (χ3v) is 3.73. The zero-order valence-corrected chi connectivity index (χ0v) is 14.0. The zero-order chi connectivity index (χ0) is 16.5. The summed E-state index contributed by atoms with van der Waals surface area (Å²) >= 11 is 0. The lowest BCUT2D eigenvalue weighted by Gasteiger charge is -2.16. The number of nitrogens with zero attached hydrogens (tertiary/aromatic N) is 3. The van der Waals surface area contributed by atoms with Crippen LogP contribution in [-0.4, -0.2) is 58.5 Å². The third-order valence-electron chi connectivity index (χ3n) is 3.73. The molecule has 8 heteroatoms. The van der Waals surface area contributed by atoms with E-state index < -0.39 is 0 Å². The van der Waals surface area contributed by atoms with Gasteiger partial charge < -0.3 is 25.8 Å². The summed E-state index contributed by atoms with van der Waals surface area (Å²) in [7, 11) is 0. The Hall–Kier alpha value is -1.67. The first-order valence-corrected chi connectivity index (χ1v) is 8.48. The molecule has 2 atom stereocenters. The van der Waals surface area contributed by atoms with Crippen LogP contribution in [0.1, 0.15) is 39.5 Å². The van der Waals surface area contributed by atoms with Crippen LogP contribution in [0, 0.1) is 0 Å². The minimum absolute atomic E-state index is 0.0403. The smallest absolute Gasteiger partial charge is 0.229 e. The maximum atomic E-state index is 9.33. The Bertz CT molecular complexity index is 463. The number of rotatable bonds is 10. The van der Waals surface area contributed by atoms with Gasteiger partial charge >= 0.3 is 0 Å². The Morgan fingerprint density at radius 3 is 2.52 bits per heavy atom. The normalized spacial score (nSPS) is 18.7. The van der Waals surface area contributed by atoms with Crippen molar-refractivity contribution >= 4 is 17.8 Å². The highest BCUT2D eigenvalue weighted by Gasteiger charge is 2.16. The van der Waals surface area contributed by atoms with E-state index in [2.05, 4.69) is 37.8 Å². The van der Waals surface area contributed by atoms with E-state index in [-0.39, 0.29) is 18.8 Å². The summed E-state index contributed by atoms with van der Waals surface area (Å²) in [5, 5.41) is 18.9. The molecule has 8 nitrogen and oxygen atoms in total. The molecule has 1 aliphatic rings. The molecule has 0 radical (unpaired) electrons. The van der Waals surface area contributed by atoms with Gasteiger partial charge in [-0.05, 0) is 25.7 Å². The highest BCUT2D eigenvalue weighted by molar-refractivity contribution is 5.42. The molecular formula is C15H28N6O2. The predicted octanol–water partition coefficient (Wildman–Crippen LogP) is 1.47. The summed E-state index contributed by atoms with van der Waals surface area (Å²) in [4.78, 5) is 13.1. The van der Waals surface area contributed by atoms with Crippen LogP contribution in [0.2, 0.25) is 0 Å². The lowest BCUT2D eigenvalue weighted by molar-refractivity contribution is 0.120. The molecule has 2 rings (SSSR count). The summed E-state index contributed by atoms with van der Waals surface area (Å²) in [5.41, 5.74) is 0. The van der Waals surface area contributed by atoms with E-state index in [1.54, 1.807) is 0 Å². The standard InChI is InChI=1S/C15H28N6O2/c1-3-7-16-13-19-14(17-9-12-6-5-8-23-12)21-15(20-13)18-11(4-2)10-22/h11-12,22H,3-10H2,1-2H3,(H3,16,17,18,19,20,21)/t11-,12?/m1/s1. The minimum Gasteiger partial charge on any atom is -0.394 e. The van der Waals surface area contributed by atoms with Crippen molar-refractivity contribution in [3.8, 4) is 0 Å². The summed E-state index contributed by atoms with van der Waals surface area (Å²) in [6.45, 7) is 6.44. The van der Waals surface area contributed by atoms with Gasteiger partial charge in [0.15, 0.2) is 0 Å². The lowest BCUT2D eigenvalue weighted by Crippen LogP contribution is -2.25. The van der Waals surface area contributed by atoms with Gasteiger partial charge in [-0.25, -0.2) is 0 Å². The SMILES string of the molecule is CCCNc1nc(NCC2CCCO2)nc(N[C@H](CC)CO)n1. The molecule has 1 aromatic rings. The number of aliphatic hydroxyl groups excluding tert-OH is 1. The molecule has 0 bridgehead atoms. The topological polar surface area (TPSA) is 104 Å². The van der Waals surface area contributed by atoms with E-state index in [4.69, 9.17) is 4.74 Å². The van der Waals surface area contributed by atoms with Crippen molar-refractivity contribution in [1.82, 2.24) is 15.0 Å². The molecule has 23 heavy (non-hydrogen) atoms. The number of hydrogen-bond acceptors (Lipinski definition) is 8. The van der Waals surface area contributed by atoms with Gasteiger partial charge in [-0.1, -0.05) is 13.8 Å². The van der Waals surface area contributed by atoms with Gasteiger partial charge in [-0.2, -0.15) is 15.0 Å². The second-order valence-electron chi connectivity index (χ2n) is 5.68. The summed E-state index contributed by atoms with van der Waals surface area (Å²) < 4.78 is 5.60. The van der Waals surface area contributed by atoms with Crippen molar-refractivity contribution in [1.29, 1.82) is 0 Å². The Morgan fingerprint density at radius 1 is 1.17 bits per heavy atom. The summed E-state index contributed by atoms with van der Waals surface area (Å²) in [5.74, 6) is 1.52. The van der Waals surface area contributed by atoms with Crippen LogP contribution in [0.3, 0.4) is 0 Å². The fourth-order valence-electron chi connectivity index (χ4n) is 2.31. The third kappa shape index (κ3) is 5.80. The number of ether oxygens (including phenoxy) is 1. The van der Waals surface area contributed by atoms with Gasteiger partial charge in [0.1, 0.15) is 0 Å². The Morgan fingerprint density at radius 2 is 1.91 bits per heavy atom. The van der Waals surface area contributed by atoms with Crippen molar-refractivity contribution in [2.45, 2.75) is 51.7 Å². The van der Waals surface area contributed by atoms with Crippen LogP contribution < -0.4 is 16.0 Å². The Kier molecular flexibility index (Phi) is 7.28. The molecule has 1 aliphatic heterocycles. The molecule has 1 fully saturated rings. The maximum absolute atomic E-state index is 9.33. The highest BCUT2D eigenvalue weighted by atomic mass is 16.5. The minimum atomic E-state index is -0.0672. The largest absolute Gasteiger partial charge is 0.394 e. The lowest BCUT2D eigenvalue weighted by atomic mass is 10.2. The van der Waals surface area contributed by atoms with Gasteiger partial charge in [0.2, 0.25) is 17.8 Å². The molecule has 0 aromatic carbocycles. The molecule has 1 aromatic heterocycles. The number of anilines is 3. The first-order valence-electron chi connectivity index (χ1n) is 8.48. The fraction of sp³-hybridized carbons (Fsp3) is 0.800. The molecular weight excluding hydrogens is 296 g/mol. The average molecular weight is 324 g/mol. The highest BCUT2D eigenvalue weighted by Crippen LogP contribution is 2.14. The molecule has 130 valence electrons. The first kappa shape index (κ1) is 17.7. The van der Waals surface area contributed by atoms with Crippen LogP contribution >= 0.6 is 0 Å². The first-order chi connectivity index (χ1) is 11.2. The van der Waals surface area contributed by atoms with Gasteiger partial charge in [0, 0.05) is 19.7 Å². The van der Waals surface area contributed by atoms with E-state index in [1.165, 1.54) is 0 Å². The van der Waals surface area contributed by atoms with Gasteiger partial charge in [-0.3, -0.25) is 0 Å². The van der Waals surface area contributed by atoms with Crippen molar-refractivity contribution < 1.29 is 9.84 Å². The second-order valence-corrected chi connectivity index (χ2v) is 5.68. The van der Waals surface area contributed by atoms with Crippen LogP contribution in [-0.2, 0) is 4.74 Å². The summed E-state index contributed by atoms with van der Waals surface area (Å²) in [6, 6.07) is -0.0672. The van der Waals surface area contributed by atoms with Crippen molar-refractivity contribution in [3.63, 3.8) is 0 Å². The van der Waals surface area contributed by atoms with E-state index in [9.17, 15) is 5.11 Å². The molecule has 4 N–H and O–H groups in total. The number of hydrogen-bond donors (Lipinski definition) is 4. The van der Waals surface area contributed by atoms with E-state index in [0.29, 0.717) is 24.4 Å². The molecule has 0 spiro atoms. The second kappa shape index (κ2) is 9.46. The molecule has 1 unspecified atom stereocenters. The van der Waals surface area contributed by atoms with Gasteiger partial charge in [-0.15, -0.1) is 0 Å². The Labute approximate surface area is 137 Å². The van der Waals surface area contributed by atoms with E-state index >= 15 is 0 Å². The van der Waals surface area contributed by atoms with Crippen molar-refractivity contribution in [2.75, 3.05) is 42.3 Å². The van der Waals surface area contributed by atoms with Crippen LogP contribution in [0.15, 0.2) is 0 Å². The van der Waals surface area contributed by atoms with E-state index in [1.807, 2.05) is 6.92 Å². The molecule has 0 saturated carbocycles. The maximum Gasteiger partial charge on any atom is 0.229 e. The van der Waals surface area contributed by atoms with Crippen LogP contribution in [0.5, 0.6) is 0 Å². The van der Waals surface area contributed by atoms with Crippen molar-refractivity contribution in [2.24, 2.45) is 0 Å². The van der Waals surface area contributed by atoms with Crippen LogP contribution in [0.4, 0.5) is 17.8 Å². The predicted molar refractivity (Wildman–Crippen MR) is 90.9 cm³/mol. The molecule has 0 aliphatic carbocycles. The quantitative estimate of drug-likeness (QED) is 0.513. The molecule has 1 saturated heterocycles. The Balaban J connectivity index is 2.04. The monoisotopic (exact) mass is 324 g/mol.